The molecule has 100 valence electrons. The van der Waals surface area contributed by atoms with Gasteiger partial charge in [-0.25, -0.2) is 0 Å². The van der Waals surface area contributed by atoms with Crippen LogP contribution in [0.5, 0.6) is 0 Å². The molecular formula is C13H21N3O2. The van der Waals surface area contributed by atoms with Crippen LogP contribution in [0.1, 0.15) is 19.8 Å². The van der Waals surface area contributed by atoms with Crippen LogP contribution in [0.2, 0.25) is 0 Å². The van der Waals surface area contributed by atoms with Crippen LogP contribution < -0.4 is 0 Å². The minimum absolute atomic E-state index is 0.151. The lowest BCUT2D eigenvalue weighted by atomic mass is 9.83. The summed E-state index contributed by atoms with van der Waals surface area (Å²) < 4.78 is 5.27. The van der Waals surface area contributed by atoms with E-state index in [2.05, 4.69) is 11.0 Å². The van der Waals surface area contributed by atoms with Crippen LogP contribution in [0.15, 0.2) is 0 Å². The summed E-state index contributed by atoms with van der Waals surface area (Å²) in [6, 6.07) is 2.34. The zero-order valence-electron chi connectivity index (χ0n) is 11.0. The van der Waals surface area contributed by atoms with Crippen molar-refractivity contribution in [2.45, 2.75) is 19.8 Å². The number of likely N-dealkylation sites (tertiary alicyclic amines) is 1. The van der Waals surface area contributed by atoms with E-state index in [9.17, 15) is 4.79 Å². The van der Waals surface area contributed by atoms with Crippen molar-refractivity contribution in [3.05, 3.63) is 0 Å². The summed E-state index contributed by atoms with van der Waals surface area (Å²) >= 11 is 0. The summed E-state index contributed by atoms with van der Waals surface area (Å²) in [7, 11) is 0. The van der Waals surface area contributed by atoms with Crippen LogP contribution in [-0.4, -0.2) is 61.6 Å². The van der Waals surface area contributed by atoms with Crippen molar-refractivity contribution < 1.29 is 9.53 Å². The summed E-state index contributed by atoms with van der Waals surface area (Å²) in [6.45, 7) is 6.86. The van der Waals surface area contributed by atoms with Crippen molar-refractivity contribution in [2.24, 2.45) is 5.41 Å². The van der Waals surface area contributed by atoms with Crippen molar-refractivity contribution in [2.75, 3.05) is 45.9 Å². The number of amides is 1. The van der Waals surface area contributed by atoms with Gasteiger partial charge >= 0.3 is 0 Å². The van der Waals surface area contributed by atoms with Gasteiger partial charge < -0.3 is 9.64 Å². The second-order valence-corrected chi connectivity index (χ2v) is 5.48. The topological polar surface area (TPSA) is 56.6 Å². The number of piperidine rings is 1. The summed E-state index contributed by atoms with van der Waals surface area (Å²) in [5, 5.41) is 9.16. The highest BCUT2D eigenvalue weighted by molar-refractivity contribution is 5.78. The largest absolute Gasteiger partial charge is 0.379 e. The average molecular weight is 251 g/mol. The van der Waals surface area contributed by atoms with E-state index in [4.69, 9.17) is 10.00 Å². The molecule has 2 fully saturated rings. The van der Waals surface area contributed by atoms with Crippen LogP contribution in [-0.2, 0) is 9.53 Å². The zero-order chi connectivity index (χ0) is 13.0. The van der Waals surface area contributed by atoms with Crippen LogP contribution in [0.4, 0.5) is 0 Å². The molecule has 18 heavy (non-hydrogen) atoms. The van der Waals surface area contributed by atoms with Crippen molar-refractivity contribution >= 4 is 5.91 Å². The summed E-state index contributed by atoms with van der Waals surface area (Å²) in [6.07, 6.45) is 1.82. The van der Waals surface area contributed by atoms with E-state index in [1.54, 1.807) is 0 Å². The lowest BCUT2D eigenvalue weighted by molar-refractivity contribution is -0.135. The fourth-order valence-corrected chi connectivity index (χ4v) is 2.59. The third-order valence-corrected chi connectivity index (χ3v) is 3.78. The molecule has 1 atom stereocenters. The number of ether oxygens (including phenoxy) is 1. The first-order chi connectivity index (χ1) is 8.63. The normalized spacial score (nSPS) is 29.9. The van der Waals surface area contributed by atoms with Gasteiger partial charge in [-0.2, -0.15) is 5.26 Å². The van der Waals surface area contributed by atoms with Gasteiger partial charge in [0.1, 0.15) is 0 Å². The molecule has 2 aliphatic heterocycles. The molecule has 5 heteroatoms. The number of carbonyl (C=O) groups excluding carboxylic acids is 1. The zero-order valence-corrected chi connectivity index (χ0v) is 11.0. The third kappa shape index (κ3) is 3.21. The number of nitriles is 1. The van der Waals surface area contributed by atoms with E-state index in [1.807, 2.05) is 11.8 Å². The van der Waals surface area contributed by atoms with Crippen LogP contribution in [0.25, 0.3) is 0 Å². The fraction of sp³-hybridized carbons (Fsp3) is 0.846. The predicted octanol–water partition coefficient (Wildman–Crippen LogP) is 0.471. The Morgan fingerprint density at radius 3 is 2.78 bits per heavy atom. The van der Waals surface area contributed by atoms with Gasteiger partial charge in [-0.1, -0.05) is 0 Å². The lowest BCUT2D eigenvalue weighted by Gasteiger charge is -2.37. The highest BCUT2D eigenvalue weighted by Crippen LogP contribution is 2.28. The first kappa shape index (κ1) is 13.3. The average Bonchev–Trinajstić information content (AvgIpc) is 2.40. The summed E-state index contributed by atoms with van der Waals surface area (Å²) in [4.78, 5) is 16.2. The highest BCUT2D eigenvalue weighted by atomic mass is 16.5. The van der Waals surface area contributed by atoms with E-state index < -0.39 is 0 Å². The molecule has 1 amide bonds. The first-order valence-electron chi connectivity index (χ1n) is 6.62. The number of hydrogen-bond acceptors (Lipinski definition) is 4. The molecule has 0 spiro atoms. The van der Waals surface area contributed by atoms with E-state index in [-0.39, 0.29) is 11.3 Å². The molecule has 0 bridgehead atoms. The van der Waals surface area contributed by atoms with Crippen LogP contribution in [0, 0.1) is 16.7 Å². The number of morpholine rings is 1. The van der Waals surface area contributed by atoms with Crippen LogP contribution in [0.3, 0.4) is 0 Å². The minimum Gasteiger partial charge on any atom is -0.379 e. The molecule has 2 aliphatic rings. The van der Waals surface area contributed by atoms with Crippen molar-refractivity contribution in [1.29, 1.82) is 5.26 Å². The van der Waals surface area contributed by atoms with Gasteiger partial charge in [-0.05, 0) is 19.8 Å². The smallest absolute Gasteiger partial charge is 0.236 e. The SMILES string of the molecule is C[C@@]1(C#N)CCCN(C(=O)CN2CCOCC2)C1. The number of nitrogens with zero attached hydrogens (tertiary/aromatic N) is 3. The number of hydrogen-bond donors (Lipinski definition) is 0. The molecule has 0 aromatic heterocycles. The van der Waals surface area contributed by atoms with E-state index in [0.29, 0.717) is 26.3 Å². The standard InChI is InChI=1S/C13H21N3O2/c1-13(10-14)3-2-4-16(11-13)12(17)9-15-5-7-18-8-6-15/h2-9,11H2,1H3/t13-/m0/s1. The summed E-state index contributed by atoms with van der Waals surface area (Å²) in [5.41, 5.74) is -0.362. The van der Waals surface area contributed by atoms with Crippen molar-refractivity contribution in [3.63, 3.8) is 0 Å². The molecule has 2 heterocycles. The molecular weight excluding hydrogens is 230 g/mol. The Morgan fingerprint density at radius 2 is 2.11 bits per heavy atom. The Morgan fingerprint density at radius 1 is 1.39 bits per heavy atom. The molecule has 0 radical (unpaired) electrons. The van der Waals surface area contributed by atoms with Gasteiger partial charge in [0.2, 0.25) is 5.91 Å². The second kappa shape index (κ2) is 5.68. The van der Waals surface area contributed by atoms with E-state index in [1.165, 1.54) is 0 Å². The van der Waals surface area contributed by atoms with Crippen molar-refractivity contribution in [1.82, 2.24) is 9.80 Å². The molecule has 0 aromatic carbocycles. The fourth-order valence-electron chi connectivity index (χ4n) is 2.59. The monoisotopic (exact) mass is 251 g/mol. The third-order valence-electron chi connectivity index (χ3n) is 3.78. The summed E-state index contributed by atoms with van der Waals surface area (Å²) in [5.74, 6) is 0.151. The Kier molecular flexibility index (Phi) is 4.20. The van der Waals surface area contributed by atoms with Gasteiger partial charge in [0.25, 0.3) is 0 Å². The molecule has 0 N–H and O–H groups in total. The predicted molar refractivity (Wildman–Crippen MR) is 66.8 cm³/mol. The second-order valence-electron chi connectivity index (χ2n) is 5.48. The maximum atomic E-state index is 12.2. The Hall–Kier alpha value is -1.12. The minimum atomic E-state index is -0.362. The molecule has 0 aromatic rings. The number of carbonyl (C=O) groups is 1. The molecule has 0 aliphatic carbocycles. The van der Waals surface area contributed by atoms with Gasteiger partial charge in [-0.15, -0.1) is 0 Å². The van der Waals surface area contributed by atoms with Gasteiger partial charge in [0.15, 0.2) is 0 Å². The molecule has 0 saturated carbocycles. The molecule has 0 unspecified atom stereocenters. The molecule has 5 nitrogen and oxygen atoms in total. The van der Waals surface area contributed by atoms with Gasteiger partial charge in [0.05, 0.1) is 31.2 Å². The first-order valence-corrected chi connectivity index (χ1v) is 6.62. The van der Waals surface area contributed by atoms with E-state index in [0.717, 1.165) is 32.5 Å². The molecule has 2 saturated heterocycles. The maximum absolute atomic E-state index is 12.2. The Bertz CT molecular complexity index is 347. The van der Waals surface area contributed by atoms with Gasteiger partial charge in [0, 0.05) is 26.2 Å². The number of rotatable bonds is 2. The molecule has 2 rings (SSSR count). The lowest BCUT2D eigenvalue weighted by Crippen LogP contribution is -2.49. The maximum Gasteiger partial charge on any atom is 0.236 e. The van der Waals surface area contributed by atoms with Gasteiger partial charge in [-0.3, -0.25) is 9.69 Å². The Labute approximate surface area is 108 Å². The quantitative estimate of drug-likeness (QED) is 0.716. The van der Waals surface area contributed by atoms with Crippen molar-refractivity contribution in [3.8, 4) is 6.07 Å². The van der Waals surface area contributed by atoms with Crippen LogP contribution >= 0.6 is 0 Å². The highest BCUT2D eigenvalue weighted by Gasteiger charge is 2.33. The Balaban J connectivity index is 1.86. The van der Waals surface area contributed by atoms with E-state index >= 15 is 0 Å².